The average Bonchev–Trinajstić information content (AvgIpc) is 2.93. The Hall–Kier alpha value is -4.30. The van der Waals surface area contributed by atoms with Crippen molar-refractivity contribution >= 4 is 11.6 Å². The first-order valence-electron chi connectivity index (χ1n) is 11.9. The molecule has 3 heterocycles. The first-order valence-corrected chi connectivity index (χ1v) is 11.9. The monoisotopic (exact) mass is 460 g/mol. The molecule has 35 heavy (non-hydrogen) atoms. The fraction of sp³-hybridized carbons (Fsp3) is 0.200. The largest absolute Gasteiger partial charge is 0.356 e. The summed E-state index contributed by atoms with van der Waals surface area (Å²) in [7, 11) is 0. The van der Waals surface area contributed by atoms with E-state index in [0.717, 1.165) is 42.9 Å². The van der Waals surface area contributed by atoms with E-state index in [2.05, 4.69) is 40.2 Å². The molecule has 1 atom stereocenters. The van der Waals surface area contributed by atoms with Crippen molar-refractivity contribution in [1.29, 1.82) is 5.26 Å². The highest BCUT2D eigenvalue weighted by molar-refractivity contribution is 6.09. The van der Waals surface area contributed by atoms with E-state index in [1.807, 2.05) is 49.4 Å². The van der Waals surface area contributed by atoms with Gasteiger partial charge < -0.3 is 4.90 Å². The van der Waals surface area contributed by atoms with Gasteiger partial charge in [0.1, 0.15) is 11.5 Å². The van der Waals surface area contributed by atoms with Crippen molar-refractivity contribution in [1.82, 2.24) is 9.97 Å². The zero-order valence-electron chi connectivity index (χ0n) is 19.7. The molecule has 2 aromatic heterocycles. The molecule has 0 N–H and O–H groups in total. The van der Waals surface area contributed by atoms with Gasteiger partial charge >= 0.3 is 0 Å². The summed E-state index contributed by atoms with van der Waals surface area (Å²) < 4.78 is 0. The molecule has 4 aromatic rings. The molecule has 5 heteroatoms. The normalized spacial score (nSPS) is 15.4. The lowest BCUT2D eigenvalue weighted by molar-refractivity contribution is 0.103. The number of benzene rings is 2. The molecule has 5 rings (SSSR count). The number of ketones is 1. The van der Waals surface area contributed by atoms with Crippen LogP contribution in [0.1, 0.15) is 53.1 Å². The van der Waals surface area contributed by atoms with E-state index in [4.69, 9.17) is 4.98 Å². The van der Waals surface area contributed by atoms with E-state index >= 15 is 0 Å². The minimum Gasteiger partial charge on any atom is -0.356 e. The standard InChI is InChI=1S/C30H26N4O.H2/c1-21-27(17-25(19-32-21)26-13-6-5-11-23(26)18-31)30(35)28-14-7-15-29(33-28)34-16-8-12-24(20-34)22-9-3-2-4-10-22;/h2-7,9-11,13-15,17,19,24H,8,12,16,20H2,1H3;1H. The van der Waals surface area contributed by atoms with E-state index in [-0.39, 0.29) is 7.21 Å². The van der Waals surface area contributed by atoms with Crippen LogP contribution in [0.15, 0.2) is 85.1 Å². The number of aryl methyl sites for hydroxylation is 1. The Morgan fingerprint density at radius 2 is 1.86 bits per heavy atom. The molecule has 0 amide bonds. The fourth-order valence-electron chi connectivity index (χ4n) is 4.79. The van der Waals surface area contributed by atoms with Crippen LogP contribution in [-0.2, 0) is 0 Å². The van der Waals surface area contributed by atoms with Gasteiger partial charge in [0, 0.05) is 49.0 Å². The van der Waals surface area contributed by atoms with Gasteiger partial charge in [-0.3, -0.25) is 9.78 Å². The number of carbonyl (C=O) groups excluding carboxylic acids is 1. The van der Waals surface area contributed by atoms with E-state index in [1.54, 1.807) is 18.3 Å². The van der Waals surface area contributed by atoms with Crippen molar-refractivity contribution in [3.63, 3.8) is 0 Å². The lowest BCUT2D eigenvalue weighted by atomic mass is 9.90. The number of anilines is 1. The number of hydrogen-bond donors (Lipinski definition) is 0. The summed E-state index contributed by atoms with van der Waals surface area (Å²) in [5.41, 5.74) is 4.95. The quantitative estimate of drug-likeness (QED) is 0.332. The van der Waals surface area contributed by atoms with Gasteiger partial charge in [-0.1, -0.05) is 54.6 Å². The number of nitriles is 1. The van der Waals surface area contributed by atoms with Gasteiger partial charge in [0.15, 0.2) is 0 Å². The molecule has 5 nitrogen and oxygen atoms in total. The molecule has 1 fully saturated rings. The molecular formula is C30H28N4O. The van der Waals surface area contributed by atoms with Crippen LogP contribution in [0.5, 0.6) is 0 Å². The van der Waals surface area contributed by atoms with Gasteiger partial charge in [0.25, 0.3) is 0 Å². The number of hydrogen-bond acceptors (Lipinski definition) is 5. The molecule has 174 valence electrons. The van der Waals surface area contributed by atoms with Crippen LogP contribution >= 0.6 is 0 Å². The van der Waals surface area contributed by atoms with Crippen molar-refractivity contribution in [2.75, 3.05) is 18.0 Å². The lowest BCUT2D eigenvalue weighted by Crippen LogP contribution is -2.35. The second kappa shape index (κ2) is 9.90. The summed E-state index contributed by atoms with van der Waals surface area (Å²) in [6.07, 6.45) is 3.95. The molecule has 0 spiro atoms. The maximum Gasteiger partial charge on any atom is 0.213 e. The molecule has 0 saturated carbocycles. The first-order chi connectivity index (χ1) is 17.1. The summed E-state index contributed by atoms with van der Waals surface area (Å²) in [4.78, 5) is 25.1. The predicted octanol–water partition coefficient (Wildman–Crippen LogP) is 6.18. The minimum absolute atomic E-state index is 0. The maximum atomic E-state index is 13.5. The molecule has 2 aromatic carbocycles. The molecule has 1 aliphatic rings. The number of rotatable bonds is 5. The van der Waals surface area contributed by atoms with Crippen LogP contribution in [0.3, 0.4) is 0 Å². The Balaban J connectivity index is 0.00000304. The smallest absolute Gasteiger partial charge is 0.213 e. The minimum atomic E-state index is -0.162. The van der Waals surface area contributed by atoms with Gasteiger partial charge in [-0.25, -0.2) is 4.98 Å². The molecule has 0 aliphatic carbocycles. The van der Waals surface area contributed by atoms with E-state index in [1.165, 1.54) is 5.56 Å². The number of piperidine rings is 1. The molecular weight excluding hydrogens is 432 g/mol. The Morgan fingerprint density at radius 3 is 2.69 bits per heavy atom. The van der Waals surface area contributed by atoms with Gasteiger partial charge in [-0.2, -0.15) is 5.26 Å². The molecule has 0 bridgehead atoms. The van der Waals surface area contributed by atoms with Crippen LogP contribution in [0, 0.1) is 18.3 Å². The molecule has 1 unspecified atom stereocenters. The van der Waals surface area contributed by atoms with Crippen molar-refractivity contribution in [2.24, 2.45) is 0 Å². The van der Waals surface area contributed by atoms with E-state index in [9.17, 15) is 10.1 Å². The lowest BCUT2D eigenvalue weighted by Gasteiger charge is -2.34. The number of nitrogens with zero attached hydrogens (tertiary/aromatic N) is 4. The van der Waals surface area contributed by atoms with Crippen molar-refractivity contribution < 1.29 is 6.22 Å². The second-order valence-corrected chi connectivity index (χ2v) is 8.92. The SMILES string of the molecule is Cc1ncc(-c2ccccc2C#N)cc1C(=O)c1cccc(N2CCCC(c3ccccc3)C2)n1.[HH]. The van der Waals surface area contributed by atoms with Crippen LogP contribution in [0.4, 0.5) is 5.82 Å². The van der Waals surface area contributed by atoms with Gasteiger partial charge in [-0.05, 0) is 49.6 Å². The maximum absolute atomic E-state index is 13.5. The summed E-state index contributed by atoms with van der Waals surface area (Å²) >= 11 is 0. The second-order valence-electron chi connectivity index (χ2n) is 8.92. The highest BCUT2D eigenvalue weighted by Gasteiger charge is 2.23. The summed E-state index contributed by atoms with van der Waals surface area (Å²) in [6.45, 7) is 3.64. The Bertz CT molecular complexity index is 1410. The van der Waals surface area contributed by atoms with Crippen LogP contribution < -0.4 is 4.90 Å². The highest BCUT2D eigenvalue weighted by Crippen LogP contribution is 2.30. The summed E-state index contributed by atoms with van der Waals surface area (Å²) in [5.74, 6) is 1.12. The topological polar surface area (TPSA) is 69.9 Å². The third-order valence-corrected chi connectivity index (χ3v) is 6.67. The number of aromatic nitrogens is 2. The first kappa shape index (κ1) is 22.5. The summed E-state index contributed by atoms with van der Waals surface area (Å²) in [5, 5.41) is 9.48. The predicted molar refractivity (Wildman–Crippen MR) is 140 cm³/mol. The molecule has 0 radical (unpaired) electrons. The van der Waals surface area contributed by atoms with Crippen LogP contribution in [0.2, 0.25) is 0 Å². The average molecular weight is 461 g/mol. The fourth-order valence-corrected chi connectivity index (χ4v) is 4.79. The van der Waals surface area contributed by atoms with Crippen molar-refractivity contribution in [3.05, 3.63) is 113 Å². The molecule has 1 aliphatic heterocycles. The highest BCUT2D eigenvalue weighted by atomic mass is 16.1. The van der Waals surface area contributed by atoms with Crippen molar-refractivity contribution in [3.8, 4) is 17.2 Å². The Labute approximate surface area is 207 Å². The zero-order valence-corrected chi connectivity index (χ0v) is 19.7. The third kappa shape index (κ3) is 4.69. The van der Waals surface area contributed by atoms with E-state index in [0.29, 0.717) is 28.4 Å². The molecule has 1 saturated heterocycles. The van der Waals surface area contributed by atoms with Gasteiger partial charge in [0.2, 0.25) is 5.78 Å². The van der Waals surface area contributed by atoms with Gasteiger partial charge in [-0.15, -0.1) is 0 Å². The van der Waals surface area contributed by atoms with Crippen LogP contribution in [-0.4, -0.2) is 28.8 Å². The van der Waals surface area contributed by atoms with Crippen LogP contribution in [0.25, 0.3) is 11.1 Å². The third-order valence-electron chi connectivity index (χ3n) is 6.67. The Morgan fingerprint density at radius 1 is 1.06 bits per heavy atom. The van der Waals surface area contributed by atoms with E-state index < -0.39 is 0 Å². The number of carbonyl (C=O) groups is 1. The van der Waals surface area contributed by atoms with Gasteiger partial charge in [0.05, 0.1) is 11.6 Å². The number of pyridine rings is 2. The summed E-state index contributed by atoms with van der Waals surface area (Å²) in [6, 6.07) is 27.6. The zero-order chi connectivity index (χ0) is 24.2. The van der Waals surface area contributed by atoms with Crippen molar-refractivity contribution in [2.45, 2.75) is 25.7 Å². The Kier molecular flexibility index (Phi) is 6.36.